The zero-order valence-corrected chi connectivity index (χ0v) is 10.1. The summed E-state index contributed by atoms with van der Waals surface area (Å²) in [5, 5.41) is 19.6. The summed E-state index contributed by atoms with van der Waals surface area (Å²) >= 11 is 0. The van der Waals surface area contributed by atoms with E-state index in [1.807, 2.05) is 30.3 Å². The molecule has 0 atom stereocenters. The highest BCUT2D eigenvalue weighted by atomic mass is 16.5. The Bertz CT molecular complexity index is 662. The zero-order valence-electron chi connectivity index (χ0n) is 10.1. The summed E-state index contributed by atoms with van der Waals surface area (Å²) in [5.74, 6) is 0.733. The zero-order chi connectivity index (χ0) is 13.0. The molecule has 0 bridgehead atoms. The molecule has 3 heteroatoms. The fourth-order valence-corrected chi connectivity index (χ4v) is 2.08. The van der Waals surface area contributed by atoms with Gasteiger partial charge in [0.2, 0.25) is 0 Å². The molecule has 0 aliphatic heterocycles. The normalized spacial score (nSPS) is 9.72. The van der Waals surface area contributed by atoms with Crippen molar-refractivity contribution < 1.29 is 4.74 Å². The van der Waals surface area contributed by atoms with E-state index < -0.39 is 0 Å². The molecule has 0 aromatic heterocycles. The Morgan fingerprint density at radius 2 is 1.83 bits per heavy atom. The van der Waals surface area contributed by atoms with E-state index in [0.29, 0.717) is 12.8 Å². The van der Waals surface area contributed by atoms with Crippen molar-refractivity contribution in [2.75, 3.05) is 7.11 Å². The Hall–Kier alpha value is -2.52. The average molecular weight is 236 g/mol. The van der Waals surface area contributed by atoms with Crippen LogP contribution in [0.3, 0.4) is 0 Å². The molecular weight excluding hydrogens is 224 g/mol. The summed E-state index contributed by atoms with van der Waals surface area (Å²) in [7, 11) is 1.60. The highest BCUT2D eigenvalue weighted by Crippen LogP contribution is 2.29. The number of nitriles is 2. The molecule has 0 radical (unpaired) electrons. The summed E-state index contributed by atoms with van der Waals surface area (Å²) < 4.78 is 5.28. The minimum atomic E-state index is 0.318. The van der Waals surface area contributed by atoms with Gasteiger partial charge in [0.15, 0.2) is 0 Å². The quantitative estimate of drug-likeness (QED) is 0.823. The van der Waals surface area contributed by atoms with E-state index in [4.69, 9.17) is 15.3 Å². The maximum atomic E-state index is 8.89. The number of benzene rings is 2. The van der Waals surface area contributed by atoms with Crippen molar-refractivity contribution in [3.8, 4) is 17.9 Å². The lowest BCUT2D eigenvalue weighted by molar-refractivity contribution is 0.411. The summed E-state index contributed by atoms with van der Waals surface area (Å²) in [6, 6.07) is 14.0. The number of fused-ring (bicyclic) bond motifs is 1. The number of nitrogens with zero attached hydrogens (tertiary/aromatic N) is 2. The third-order valence-electron chi connectivity index (χ3n) is 2.91. The fraction of sp³-hybridized carbons (Fsp3) is 0.200. The molecule has 3 nitrogen and oxygen atoms in total. The van der Waals surface area contributed by atoms with Crippen LogP contribution in [0.1, 0.15) is 11.1 Å². The minimum absolute atomic E-state index is 0.318. The molecule has 88 valence electrons. The van der Waals surface area contributed by atoms with Crippen LogP contribution in [0, 0.1) is 22.7 Å². The molecule has 2 aromatic rings. The Morgan fingerprint density at radius 1 is 1.06 bits per heavy atom. The van der Waals surface area contributed by atoms with Crippen LogP contribution < -0.4 is 4.74 Å². The van der Waals surface area contributed by atoms with Crippen LogP contribution in [0.15, 0.2) is 30.3 Å². The van der Waals surface area contributed by atoms with E-state index >= 15 is 0 Å². The van der Waals surface area contributed by atoms with Crippen LogP contribution in [0.4, 0.5) is 0 Å². The van der Waals surface area contributed by atoms with Crippen LogP contribution in [0.5, 0.6) is 5.75 Å². The minimum Gasteiger partial charge on any atom is -0.496 e. The molecule has 0 saturated heterocycles. The van der Waals surface area contributed by atoms with Gasteiger partial charge in [-0.25, -0.2) is 0 Å². The molecule has 0 amide bonds. The van der Waals surface area contributed by atoms with E-state index in [1.165, 1.54) is 0 Å². The molecule has 0 aliphatic rings. The topological polar surface area (TPSA) is 56.8 Å². The number of methoxy groups -OCH3 is 1. The largest absolute Gasteiger partial charge is 0.496 e. The van der Waals surface area contributed by atoms with E-state index in [-0.39, 0.29) is 0 Å². The highest BCUT2D eigenvalue weighted by Gasteiger charge is 2.08. The summed E-state index contributed by atoms with van der Waals surface area (Å²) in [5.41, 5.74) is 1.89. The first kappa shape index (κ1) is 12.0. The van der Waals surface area contributed by atoms with Crippen molar-refractivity contribution in [3.05, 3.63) is 41.5 Å². The van der Waals surface area contributed by atoms with Crippen molar-refractivity contribution in [3.63, 3.8) is 0 Å². The lowest BCUT2D eigenvalue weighted by Gasteiger charge is -2.10. The first-order valence-electron chi connectivity index (χ1n) is 5.62. The maximum absolute atomic E-state index is 8.89. The van der Waals surface area contributed by atoms with Crippen LogP contribution in [-0.2, 0) is 12.8 Å². The molecule has 2 aromatic carbocycles. The average Bonchev–Trinajstić information content (AvgIpc) is 2.39. The Balaban J connectivity index is 2.64. The van der Waals surface area contributed by atoms with Gasteiger partial charge in [0.25, 0.3) is 0 Å². The molecule has 0 N–H and O–H groups in total. The van der Waals surface area contributed by atoms with Crippen molar-refractivity contribution in [2.24, 2.45) is 0 Å². The van der Waals surface area contributed by atoms with Gasteiger partial charge >= 0.3 is 0 Å². The SMILES string of the molecule is COc1ccc2cc(CC#N)ccc2c1CC#N. The van der Waals surface area contributed by atoms with Gasteiger partial charge in [-0.2, -0.15) is 10.5 Å². The van der Waals surface area contributed by atoms with E-state index in [1.54, 1.807) is 7.11 Å². The van der Waals surface area contributed by atoms with Gasteiger partial charge in [0.1, 0.15) is 5.75 Å². The number of hydrogen-bond acceptors (Lipinski definition) is 3. The molecular formula is C15H12N2O. The van der Waals surface area contributed by atoms with Gasteiger partial charge < -0.3 is 4.74 Å². The summed E-state index contributed by atoms with van der Waals surface area (Å²) in [6.07, 6.45) is 0.716. The van der Waals surface area contributed by atoms with Gasteiger partial charge in [-0.3, -0.25) is 0 Å². The lowest BCUT2D eigenvalue weighted by Crippen LogP contribution is -1.93. The standard InChI is InChI=1S/C15H12N2O/c1-18-15-5-3-12-10-11(6-8-16)2-4-13(12)14(15)7-9-17/h2-5,10H,6-7H2,1H3. The highest BCUT2D eigenvalue weighted by molar-refractivity contribution is 5.88. The number of rotatable bonds is 3. The molecule has 0 fully saturated rings. The molecule has 0 spiro atoms. The first-order valence-corrected chi connectivity index (χ1v) is 5.62. The summed E-state index contributed by atoms with van der Waals surface area (Å²) in [4.78, 5) is 0. The van der Waals surface area contributed by atoms with Crippen molar-refractivity contribution >= 4 is 10.8 Å². The van der Waals surface area contributed by atoms with E-state index in [9.17, 15) is 0 Å². The monoisotopic (exact) mass is 236 g/mol. The lowest BCUT2D eigenvalue weighted by atomic mass is 9.99. The third kappa shape index (κ3) is 2.12. The van der Waals surface area contributed by atoms with Gasteiger partial charge in [-0.1, -0.05) is 24.3 Å². The predicted octanol–water partition coefficient (Wildman–Crippen LogP) is 2.98. The van der Waals surface area contributed by atoms with E-state index in [0.717, 1.165) is 27.6 Å². The third-order valence-corrected chi connectivity index (χ3v) is 2.91. The van der Waals surface area contributed by atoms with Gasteiger partial charge in [0.05, 0.1) is 32.1 Å². The van der Waals surface area contributed by atoms with Crippen molar-refractivity contribution in [2.45, 2.75) is 12.8 Å². The van der Waals surface area contributed by atoms with Crippen LogP contribution >= 0.6 is 0 Å². The van der Waals surface area contributed by atoms with Crippen molar-refractivity contribution in [1.82, 2.24) is 0 Å². The number of ether oxygens (including phenoxy) is 1. The summed E-state index contributed by atoms with van der Waals surface area (Å²) in [6.45, 7) is 0. The molecule has 0 unspecified atom stereocenters. The smallest absolute Gasteiger partial charge is 0.123 e. The predicted molar refractivity (Wildman–Crippen MR) is 69.1 cm³/mol. The second kappa shape index (κ2) is 5.21. The van der Waals surface area contributed by atoms with Crippen LogP contribution in [0.25, 0.3) is 10.8 Å². The first-order chi connectivity index (χ1) is 8.80. The molecule has 0 saturated carbocycles. The molecule has 0 aliphatic carbocycles. The molecule has 0 heterocycles. The Labute approximate surface area is 106 Å². The molecule has 2 rings (SSSR count). The van der Waals surface area contributed by atoms with Gasteiger partial charge in [0, 0.05) is 5.56 Å². The van der Waals surface area contributed by atoms with Gasteiger partial charge in [-0.15, -0.1) is 0 Å². The Kier molecular flexibility index (Phi) is 3.46. The van der Waals surface area contributed by atoms with Crippen LogP contribution in [-0.4, -0.2) is 7.11 Å². The number of hydrogen-bond donors (Lipinski definition) is 0. The van der Waals surface area contributed by atoms with Crippen molar-refractivity contribution in [1.29, 1.82) is 10.5 Å². The Morgan fingerprint density at radius 3 is 2.50 bits per heavy atom. The molecule has 18 heavy (non-hydrogen) atoms. The van der Waals surface area contributed by atoms with Crippen LogP contribution in [0.2, 0.25) is 0 Å². The fourth-order valence-electron chi connectivity index (χ4n) is 2.08. The van der Waals surface area contributed by atoms with E-state index in [2.05, 4.69) is 12.1 Å². The second-order valence-corrected chi connectivity index (χ2v) is 3.97. The second-order valence-electron chi connectivity index (χ2n) is 3.97. The van der Waals surface area contributed by atoms with Gasteiger partial charge in [-0.05, 0) is 22.4 Å². The maximum Gasteiger partial charge on any atom is 0.123 e.